The van der Waals surface area contributed by atoms with E-state index in [-0.39, 0.29) is 16.2 Å². The number of rotatable bonds is 8. The fourth-order valence-corrected chi connectivity index (χ4v) is 16.6. The van der Waals surface area contributed by atoms with Crippen LogP contribution in [0.1, 0.15) is 74.9 Å². The number of aromatic nitrogens is 2. The molecule has 0 atom stereocenters. The van der Waals surface area contributed by atoms with Gasteiger partial charge in [0, 0.05) is 66.1 Å². The fourth-order valence-electron chi connectivity index (χ4n) is 16.6. The van der Waals surface area contributed by atoms with Crippen LogP contribution < -0.4 is 4.90 Å². The van der Waals surface area contributed by atoms with Gasteiger partial charge in [0.05, 0.1) is 27.8 Å². The molecule has 0 fully saturated rings. The van der Waals surface area contributed by atoms with E-state index in [9.17, 15) is 0 Å². The van der Waals surface area contributed by atoms with Crippen molar-refractivity contribution >= 4 is 60.7 Å². The first-order valence-electron chi connectivity index (χ1n) is 31.8. The molecular weight excluding hydrogens is 1090 g/mol. The van der Waals surface area contributed by atoms with Crippen molar-refractivity contribution in [3.05, 3.63) is 318 Å². The zero-order valence-corrected chi connectivity index (χ0v) is 51.5. The van der Waals surface area contributed by atoms with E-state index < -0.39 is 0 Å². The first kappa shape index (κ1) is 52.4. The molecule has 0 saturated carbocycles. The molecule has 0 N–H and O–H groups in total. The van der Waals surface area contributed by atoms with Crippen molar-refractivity contribution in [2.75, 3.05) is 4.90 Å². The van der Waals surface area contributed by atoms with Crippen molar-refractivity contribution in [2.24, 2.45) is 0 Å². The summed E-state index contributed by atoms with van der Waals surface area (Å²) >= 11 is 0. The molecule has 3 aliphatic carbocycles. The second kappa shape index (κ2) is 19.1. The van der Waals surface area contributed by atoms with Gasteiger partial charge in [-0.05, 0) is 198 Å². The Morgan fingerprint density at radius 2 is 0.678 bits per heavy atom. The van der Waals surface area contributed by atoms with Gasteiger partial charge < -0.3 is 14.0 Å². The van der Waals surface area contributed by atoms with Crippen molar-refractivity contribution in [3.63, 3.8) is 0 Å². The maximum Gasteiger partial charge on any atom is 0.0541 e. The second-order valence-corrected chi connectivity index (χ2v) is 26.8. The van der Waals surface area contributed by atoms with Gasteiger partial charge in [-0.25, -0.2) is 0 Å². The summed E-state index contributed by atoms with van der Waals surface area (Å²) in [7, 11) is 0. The number of fused-ring (bicyclic) bond motifs is 15. The molecule has 428 valence electrons. The monoisotopic (exact) mass is 1150 g/mol. The summed E-state index contributed by atoms with van der Waals surface area (Å²) in [5.74, 6) is 0. The average Bonchev–Trinajstić information content (AvgIpc) is 1.54. The molecule has 2 aromatic heterocycles. The number of hydrogen-bond acceptors (Lipinski definition) is 1. The lowest BCUT2D eigenvalue weighted by molar-refractivity contribution is 0.653. The van der Waals surface area contributed by atoms with E-state index in [1.165, 1.54) is 144 Å². The van der Waals surface area contributed by atoms with Gasteiger partial charge in [-0.3, -0.25) is 0 Å². The van der Waals surface area contributed by atoms with Crippen LogP contribution in [0.15, 0.2) is 285 Å². The molecule has 18 rings (SSSR count). The third-order valence-corrected chi connectivity index (χ3v) is 20.9. The molecule has 0 bridgehead atoms. The molecule has 0 unspecified atom stereocenters. The van der Waals surface area contributed by atoms with Crippen LogP contribution in [0.3, 0.4) is 0 Å². The van der Waals surface area contributed by atoms with Gasteiger partial charge in [0.25, 0.3) is 0 Å². The van der Waals surface area contributed by atoms with E-state index in [4.69, 9.17) is 0 Å². The van der Waals surface area contributed by atoms with Crippen LogP contribution in [0.25, 0.3) is 122 Å². The normalized spacial score (nSPS) is 14.4. The average molecular weight is 1150 g/mol. The molecule has 13 aromatic carbocycles. The van der Waals surface area contributed by atoms with Gasteiger partial charge in [0.15, 0.2) is 0 Å². The number of para-hydroxylation sites is 5. The summed E-state index contributed by atoms with van der Waals surface area (Å²) in [5, 5.41) is 5.00. The molecule has 15 aromatic rings. The molecule has 3 aliphatic rings. The predicted molar refractivity (Wildman–Crippen MR) is 379 cm³/mol. The molecule has 3 nitrogen and oxygen atoms in total. The van der Waals surface area contributed by atoms with Crippen molar-refractivity contribution in [3.8, 4) is 78.1 Å². The first-order valence-corrected chi connectivity index (χ1v) is 31.8. The van der Waals surface area contributed by atoms with Crippen LogP contribution in [0, 0.1) is 0 Å². The summed E-state index contributed by atoms with van der Waals surface area (Å²) in [6, 6.07) is 107. The van der Waals surface area contributed by atoms with Gasteiger partial charge in [-0.1, -0.05) is 224 Å². The summed E-state index contributed by atoms with van der Waals surface area (Å²) in [5.41, 5.74) is 33.1. The summed E-state index contributed by atoms with van der Waals surface area (Å²) in [4.78, 5) is 2.53. The highest BCUT2D eigenvalue weighted by Gasteiger charge is 2.45. The van der Waals surface area contributed by atoms with Crippen LogP contribution >= 0.6 is 0 Å². The van der Waals surface area contributed by atoms with Crippen molar-refractivity contribution in [1.82, 2.24) is 9.13 Å². The SMILES string of the molecule is CC1(C)c2ccccc2-c2ccc(N(c3ccc4c(c3)C(C)(C)c3cc5c(cc3-4)C(C)(C)c3c(-c4ccc6c(c4)c4ccccc4n6-c4ccccc4)ccc(-c4ccc6c(c4)c4ccccc4n6-c4ccccc4)c3-5)c3ccccc3-c3ccccc3)cc21. The Hall–Kier alpha value is -10.7. The van der Waals surface area contributed by atoms with Gasteiger partial charge in [0.1, 0.15) is 0 Å². The second-order valence-electron chi connectivity index (χ2n) is 26.8. The number of nitrogens with zero attached hydrogens (tertiary/aromatic N) is 3. The van der Waals surface area contributed by atoms with Gasteiger partial charge in [-0.15, -0.1) is 0 Å². The van der Waals surface area contributed by atoms with Crippen LogP contribution in [0.5, 0.6) is 0 Å². The van der Waals surface area contributed by atoms with Crippen LogP contribution in [-0.4, -0.2) is 9.13 Å². The summed E-state index contributed by atoms with van der Waals surface area (Å²) in [6.07, 6.45) is 0. The molecule has 2 heterocycles. The Kier molecular flexibility index (Phi) is 11.1. The van der Waals surface area contributed by atoms with E-state index >= 15 is 0 Å². The zero-order chi connectivity index (χ0) is 60.4. The molecule has 0 aliphatic heterocycles. The fraction of sp³-hybridized carbons (Fsp3) is 0.103. The molecule has 90 heavy (non-hydrogen) atoms. The summed E-state index contributed by atoms with van der Waals surface area (Å²) < 4.78 is 4.84. The van der Waals surface area contributed by atoms with Crippen molar-refractivity contribution < 1.29 is 0 Å². The van der Waals surface area contributed by atoms with Crippen LogP contribution in [-0.2, 0) is 16.2 Å². The number of benzene rings is 13. The lowest BCUT2D eigenvalue weighted by Crippen LogP contribution is -2.18. The standard InChI is InChI=1S/C87H65N3/c1-85(2)73-34-20-16-31-64(73)65-42-40-59(50-74(65)85)88(78-35-21-17-30-61(78)54-24-10-7-11-25-54)60-41-43-66-69-52-77-72(53-76(69)86(3,4)75(66)51-60)83-62(55-38-46-81-70(48-55)67-32-18-22-36-79(67)89(81)57-26-12-8-13-27-57)44-45-63(84(83)87(77,5)6)56-39-47-82-71(49-56)68-33-19-23-37-80(68)90(82)58-28-14-9-15-29-58/h7-53H,1-6H3. The van der Waals surface area contributed by atoms with Crippen molar-refractivity contribution in [2.45, 2.75) is 57.8 Å². The van der Waals surface area contributed by atoms with Gasteiger partial charge in [-0.2, -0.15) is 0 Å². The minimum Gasteiger partial charge on any atom is -0.310 e. The van der Waals surface area contributed by atoms with Crippen molar-refractivity contribution in [1.29, 1.82) is 0 Å². The Morgan fingerprint density at radius 3 is 1.29 bits per heavy atom. The minimum atomic E-state index is -0.378. The predicted octanol–water partition coefficient (Wildman–Crippen LogP) is 23.3. The van der Waals surface area contributed by atoms with E-state index in [0.717, 1.165) is 28.4 Å². The highest BCUT2D eigenvalue weighted by Crippen LogP contribution is 2.61. The largest absolute Gasteiger partial charge is 0.310 e. The number of anilines is 3. The van der Waals surface area contributed by atoms with Crippen LogP contribution in [0.2, 0.25) is 0 Å². The third-order valence-electron chi connectivity index (χ3n) is 20.9. The highest BCUT2D eigenvalue weighted by atomic mass is 15.1. The van der Waals surface area contributed by atoms with E-state index in [1.807, 2.05) is 0 Å². The Morgan fingerprint density at radius 1 is 0.256 bits per heavy atom. The molecule has 0 radical (unpaired) electrons. The highest BCUT2D eigenvalue weighted by molar-refractivity contribution is 6.13. The topological polar surface area (TPSA) is 13.1 Å². The van der Waals surface area contributed by atoms with E-state index in [1.54, 1.807) is 0 Å². The Balaban J connectivity index is 0.832. The number of hydrogen-bond donors (Lipinski definition) is 0. The van der Waals surface area contributed by atoms with Crippen LogP contribution in [0.4, 0.5) is 17.1 Å². The quantitative estimate of drug-likeness (QED) is 0.148. The molecule has 0 saturated heterocycles. The maximum atomic E-state index is 2.62. The Bertz CT molecular complexity index is 5500. The third kappa shape index (κ3) is 7.41. The lowest BCUT2D eigenvalue weighted by Gasteiger charge is -2.31. The zero-order valence-electron chi connectivity index (χ0n) is 51.5. The smallest absolute Gasteiger partial charge is 0.0541 e. The minimum absolute atomic E-state index is 0.158. The maximum absolute atomic E-state index is 2.62. The molecule has 3 heteroatoms. The van der Waals surface area contributed by atoms with Gasteiger partial charge >= 0.3 is 0 Å². The molecular formula is C87H65N3. The lowest BCUT2D eigenvalue weighted by atomic mass is 9.77. The van der Waals surface area contributed by atoms with E-state index in [0.29, 0.717) is 0 Å². The van der Waals surface area contributed by atoms with E-state index in [2.05, 4.69) is 341 Å². The molecule has 0 spiro atoms. The van der Waals surface area contributed by atoms with Gasteiger partial charge in [0.2, 0.25) is 0 Å². The Labute approximate surface area is 526 Å². The molecule has 0 amide bonds. The first-order chi connectivity index (χ1) is 43.9. The summed E-state index contributed by atoms with van der Waals surface area (Å²) in [6.45, 7) is 14.7.